The van der Waals surface area contributed by atoms with Gasteiger partial charge in [-0.2, -0.15) is 43.9 Å². The molecule has 152 valence electrons. The molecule has 0 saturated heterocycles. The molecule has 1 aromatic rings. The minimum Gasteiger partial charge on any atom is -0.323 e. The molecule has 0 spiro atoms. The lowest BCUT2D eigenvalue weighted by atomic mass is 9.71. The second kappa shape index (κ2) is 5.61. The van der Waals surface area contributed by atoms with Crippen molar-refractivity contribution in [3.8, 4) is 0 Å². The number of hydrogen-bond acceptors (Lipinski definition) is 1. The lowest BCUT2D eigenvalue weighted by Crippen LogP contribution is -2.86. The van der Waals surface area contributed by atoms with E-state index in [2.05, 4.69) is 0 Å². The van der Waals surface area contributed by atoms with E-state index < -0.39 is 46.9 Å². The van der Waals surface area contributed by atoms with Gasteiger partial charge < -0.3 is 5.32 Å². The Labute approximate surface area is 147 Å². The summed E-state index contributed by atoms with van der Waals surface area (Å²) < 4.78 is 149. The SMILES string of the molecule is O=C(Nc1cccc(Cl)c1)C1(F)C(F)(F)C(F)(F)C(F)(F)C(F)(F)C1(F)F. The summed E-state index contributed by atoms with van der Waals surface area (Å²) in [7, 11) is 0. The molecule has 1 fully saturated rings. The van der Waals surface area contributed by atoms with E-state index in [1.165, 1.54) is 0 Å². The van der Waals surface area contributed by atoms with Gasteiger partial charge in [-0.3, -0.25) is 4.79 Å². The Morgan fingerprint density at radius 3 is 1.56 bits per heavy atom. The molecule has 0 aromatic heterocycles. The highest BCUT2D eigenvalue weighted by molar-refractivity contribution is 6.30. The number of alkyl halides is 11. The molecule has 1 aromatic carbocycles. The number of rotatable bonds is 2. The zero-order valence-electron chi connectivity index (χ0n) is 12.3. The van der Waals surface area contributed by atoms with Crippen molar-refractivity contribution in [1.82, 2.24) is 0 Å². The first-order chi connectivity index (χ1) is 11.9. The molecule has 27 heavy (non-hydrogen) atoms. The average Bonchev–Trinajstić information content (AvgIpc) is 2.51. The first-order valence-corrected chi connectivity index (χ1v) is 6.92. The van der Waals surface area contributed by atoms with Crippen LogP contribution < -0.4 is 5.32 Å². The van der Waals surface area contributed by atoms with Crippen LogP contribution in [0.4, 0.5) is 54.0 Å². The number of anilines is 1. The van der Waals surface area contributed by atoms with Crippen molar-refractivity contribution < 1.29 is 53.1 Å². The molecular weight excluding hydrogens is 431 g/mol. The molecule has 1 N–H and O–H groups in total. The van der Waals surface area contributed by atoms with Gasteiger partial charge in [0.05, 0.1) is 0 Å². The molecule has 0 unspecified atom stereocenters. The fraction of sp³-hybridized carbons (Fsp3) is 0.462. The Morgan fingerprint density at radius 2 is 1.15 bits per heavy atom. The Hall–Kier alpha value is -1.79. The molecule has 14 heteroatoms. The van der Waals surface area contributed by atoms with E-state index in [0.717, 1.165) is 23.5 Å². The number of amides is 1. The van der Waals surface area contributed by atoms with Crippen molar-refractivity contribution in [2.24, 2.45) is 0 Å². The van der Waals surface area contributed by atoms with Gasteiger partial charge in [0.15, 0.2) is 0 Å². The molecule has 0 heterocycles. The lowest BCUT2D eigenvalue weighted by Gasteiger charge is -2.51. The monoisotopic (exact) mass is 435 g/mol. The first-order valence-electron chi connectivity index (χ1n) is 6.54. The number of carbonyl (C=O) groups is 1. The summed E-state index contributed by atoms with van der Waals surface area (Å²) >= 11 is 5.41. The molecule has 0 atom stereocenters. The number of hydrogen-bond donors (Lipinski definition) is 1. The van der Waals surface area contributed by atoms with Crippen LogP contribution in [-0.2, 0) is 4.79 Å². The van der Waals surface area contributed by atoms with Gasteiger partial charge in [-0.25, -0.2) is 4.39 Å². The highest BCUT2D eigenvalue weighted by Crippen LogP contribution is 2.69. The standard InChI is InChI=1S/C13H5ClF11NO/c14-5-2-1-3-6(4-5)26-7(27)8(15)9(16,17)11(20,21)13(24,25)12(22,23)10(8,18)19/h1-4H,(H,26,27). The third-order valence-electron chi connectivity index (χ3n) is 3.84. The summed E-state index contributed by atoms with van der Waals surface area (Å²) in [5, 5.41) is 0.650. The third kappa shape index (κ3) is 2.29. The Kier molecular flexibility index (Phi) is 4.47. The van der Waals surface area contributed by atoms with Crippen molar-refractivity contribution in [1.29, 1.82) is 0 Å². The molecule has 1 saturated carbocycles. The van der Waals surface area contributed by atoms with Gasteiger partial charge in [-0.1, -0.05) is 17.7 Å². The molecule has 1 aliphatic rings. The number of nitrogens with one attached hydrogen (secondary N) is 1. The second-order valence-corrected chi connectivity index (χ2v) is 5.93. The Morgan fingerprint density at radius 1 is 0.741 bits per heavy atom. The molecule has 1 amide bonds. The predicted octanol–water partition coefficient (Wildman–Crippen LogP) is 5.18. The maximum atomic E-state index is 14.4. The van der Waals surface area contributed by atoms with Crippen LogP contribution in [-0.4, -0.2) is 41.2 Å². The largest absolute Gasteiger partial charge is 0.384 e. The molecular formula is C13H5ClF11NO. The van der Waals surface area contributed by atoms with Crippen molar-refractivity contribution in [3.05, 3.63) is 29.3 Å². The van der Waals surface area contributed by atoms with Crippen LogP contribution in [0.25, 0.3) is 0 Å². The minimum atomic E-state index is -7.38. The van der Waals surface area contributed by atoms with Gasteiger partial charge in [0.25, 0.3) is 5.91 Å². The summed E-state index contributed by atoms with van der Waals surface area (Å²) in [5.74, 6) is -39.9. The fourth-order valence-corrected chi connectivity index (χ4v) is 2.48. The van der Waals surface area contributed by atoms with E-state index in [1.807, 2.05) is 0 Å². The average molecular weight is 436 g/mol. The predicted molar refractivity (Wildman–Crippen MR) is 68.7 cm³/mol. The molecule has 2 rings (SSSR count). The summed E-state index contributed by atoms with van der Waals surface area (Å²) in [6, 6.07) is 3.40. The quantitative estimate of drug-likeness (QED) is 0.638. The summed E-state index contributed by atoms with van der Waals surface area (Å²) in [6.45, 7) is 0. The second-order valence-electron chi connectivity index (χ2n) is 5.49. The van der Waals surface area contributed by atoms with Gasteiger partial charge in [0.1, 0.15) is 0 Å². The van der Waals surface area contributed by atoms with E-state index in [9.17, 15) is 53.1 Å². The van der Waals surface area contributed by atoms with E-state index >= 15 is 0 Å². The van der Waals surface area contributed by atoms with Gasteiger partial charge >= 0.3 is 35.3 Å². The lowest BCUT2D eigenvalue weighted by molar-refractivity contribution is -0.475. The third-order valence-corrected chi connectivity index (χ3v) is 4.07. The van der Waals surface area contributed by atoms with Crippen LogP contribution in [0.15, 0.2) is 24.3 Å². The van der Waals surface area contributed by atoms with E-state index in [0.29, 0.717) is 6.07 Å². The number of benzene rings is 1. The molecule has 0 bridgehead atoms. The van der Waals surface area contributed by atoms with Gasteiger partial charge in [0, 0.05) is 10.7 Å². The van der Waals surface area contributed by atoms with Crippen LogP contribution in [0, 0.1) is 0 Å². The summed E-state index contributed by atoms with van der Waals surface area (Å²) in [4.78, 5) is 11.6. The summed E-state index contributed by atoms with van der Waals surface area (Å²) in [6.07, 6.45) is 0. The minimum absolute atomic E-state index is 0.287. The highest BCUT2D eigenvalue weighted by Gasteiger charge is 3.02. The Bertz CT molecular complexity index is 749. The molecule has 0 radical (unpaired) electrons. The van der Waals surface area contributed by atoms with Crippen molar-refractivity contribution in [2.45, 2.75) is 35.3 Å². The maximum Gasteiger partial charge on any atom is 0.384 e. The van der Waals surface area contributed by atoms with Crippen molar-refractivity contribution >= 4 is 23.2 Å². The van der Waals surface area contributed by atoms with E-state index in [1.54, 1.807) is 0 Å². The summed E-state index contributed by atoms with van der Waals surface area (Å²) in [5.41, 5.74) is -7.57. The Balaban J connectivity index is 2.68. The van der Waals surface area contributed by atoms with Crippen LogP contribution in [0.2, 0.25) is 5.02 Å². The van der Waals surface area contributed by atoms with Crippen LogP contribution in [0.1, 0.15) is 0 Å². The van der Waals surface area contributed by atoms with Crippen LogP contribution in [0.3, 0.4) is 0 Å². The number of halogens is 12. The first kappa shape index (κ1) is 21.5. The topological polar surface area (TPSA) is 29.1 Å². The maximum absolute atomic E-state index is 14.4. The van der Waals surface area contributed by atoms with Gasteiger partial charge in [0.2, 0.25) is 0 Å². The zero-order valence-corrected chi connectivity index (χ0v) is 13.0. The van der Waals surface area contributed by atoms with E-state index in [4.69, 9.17) is 11.6 Å². The van der Waals surface area contributed by atoms with E-state index in [-0.39, 0.29) is 5.02 Å². The molecule has 1 aliphatic carbocycles. The smallest absolute Gasteiger partial charge is 0.323 e. The number of carbonyl (C=O) groups excluding carboxylic acids is 1. The molecule has 0 aliphatic heterocycles. The molecule has 2 nitrogen and oxygen atoms in total. The van der Waals surface area contributed by atoms with Gasteiger partial charge in [-0.05, 0) is 18.2 Å². The fourth-order valence-electron chi connectivity index (χ4n) is 2.29. The normalized spacial score (nSPS) is 26.2. The van der Waals surface area contributed by atoms with Gasteiger partial charge in [-0.15, -0.1) is 0 Å². The van der Waals surface area contributed by atoms with Crippen molar-refractivity contribution in [3.63, 3.8) is 0 Å². The van der Waals surface area contributed by atoms with Crippen LogP contribution in [0.5, 0.6) is 0 Å². The van der Waals surface area contributed by atoms with Crippen molar-refractivity contribution in [2.75, 3.05) is 5.32 Å². The van der Waals surface area contributed by atoms with Crippen LogP contribution >= 0.6 is 11.6 Å². The highest BCUT2D eigenvalue weighted by atomic mass is 35.5. The zero-order chi connectivity index (χ0) is 21.3.